The second-order valence-electron chi connectivity index (χ2n) is 8.79. The first-order valence-corrected chi connectivity index (χ1v) is 11.1. The first-order chi connectivity index (χ1) is 16.6. The van der Waals surface area contributed by atoms with Crippen molar-refractivity contribution in [2.45, 2.75) is 32.9 Å². The molecule has 0 aliphatic rings. The summed E-state index contributed by atoms with van der Waals surface area (Å²) in [7, 11) is 1.80. The fourth-order valence-electron chi connectivity index (χ4n) is 3.62. The van der Waals surface area contributed by atoms with Gasteiger partial charge in [0.2, 0.25) is 0 Å². The number of carboxylic acid groups (broad SMARTS) is 1. The van der Waals surface area contributed by atoms with E-state index in [1.165, 1.54) is 13.8 Å². The van der Waals surface area contributed by atoms with Gasteiger partial charge in [0.25, 0.3) is 5.91 Å². The lowest BCUT2D eigenvalue weighted by molar-refractivity contribution is -0.152. The number of carbonyl (C=O) groups is 2. The van der Waals surface area contributed by atoms with Crippen LogP contribution in [-0.2, 0) is 18.4 Å². The zero-order valence-corrected chi connectivity index (χ0v) is 20.0. The third-order valence-electron chi connectivity index (χ3n) is 5.67. The molecule has 8 nitrogen and oxygen atoms in total. The van der Waals surface area contributed by atoms with Crippen LogP contribution >= 0.6 is 0 Å². The zero-order valence-electron chi connectivity index (χ0n) is 20.0. The third kappa shape index (κ3) is 5.27. The van der Waals surface area contributed by atoms with Crippen LogP contribution in [0.5, 0.6) is 5.75 Å². The Labute approximate surface area is 203 Å². The number of carboxylic acids is 1. The Kier molecular flexibility index (Phi) is 6.46. The number of ether oxygens (including phenoxy) is 1. The highest BCUT2D eigenvalue weighted by atomic mass is 16.5. The van der Waals surface area contributed by atoms with Gasteiger partial charge in [0.15, 0.2) is 11.3 Å². The number of hydrogen-bond acceptors (Lipinski definition) is 5. The first-order valence-electron chi connectivity index (χ1n) is 11.1. The highest BCUT2D eigenvalue weighted by Crippen LogP contribution is 2.26. The molecule has 4 aromatic rings. The van der Waals surface area contributed by atoms with Crippen LogP contribution in [0.2, 0.25) is 0 Å². The van der Waals surface area contributed by atoms with Gasteiger partial charge in [-0.05, 0) is 61.7 Å². The minimum atomic E-state index is -1.34. The van der Waals surface area contributed by atoms with Gasteiger partial charge in [0.1, 0.15) is 11.5 Å². The quantitative estimate of drug-likeness (QED) is 0.380. The Morgan fingerprint density at radius 1 is 1.09 bits per heavy atom. The van der Waals surface area contributed by atoms with Gasteiger partial charge in [0, 0.05) is 19.2 Å². The minimum Gasteiger partial charge on any atom is -0.478 e. The molecule has 0 saturated heterocycles. The lowest BCUT2D eigenvalue weighted by Crippen LogP contribution is -2.38. The molecule has 0 radical (unpaired) electrons. The molecule has 0 aliphatic heterocycles. The van der Waals surface area contributed by atoms with Gasteiger partial charge in [0.05, 0.1) is 12.0 Å². The van der Waals surface area contributed by atoms with E-state index in [1.807, 2.05) is 49.4 Å². The van der Waals surface area contributed by atoms with Gasteiger partial charge >= 0.3 is 5.97 Å². The fourth-order valence-corrected chi connectivity index (χ4v) is 3.62. The highest BCUT2D eigenvalue weighted by molar-refractivity contribution is 5.93. The summed E-state index contributed by atoms with van der Waals surface area (Å²) in [4.78, 5) is 24.1. The van der Waals surface area contributed by atoms with Gasteiger partial charge in [-0.3, -0.25) is 9.48 Å². The van der Waals surface area contributed by atoms with Crippen molar-refractivity contribution in [2.24, 2.45) is 7.05 Å². The third-order valence-corrected chi connectivity index (χ3v) is 5.67. The number of furan rings is 1. The summed E-state index contributed by atoms with van der Waals surface area (Å²) >= 11 is 0. The van der Waals surface area contributed by atoms with E-state index in [4.69, 9.17) is 9.15 Å². The molecule has 2 aromatic carbocycles. The molecule has 0 unspecified atom stereocenters. The van der Waals surface area contributed by atoms with Crippen LogP contribution in [0.1, 0.15) is 35.5 Å². The van der Waals surface area contributed by atoms with Crippen molar-refractivity contribution in [3.8, 4) is 28.3 Å². The van der Waals surface area contributed by atoms with Crippen LogP contribution in [0.3, 0.4) is 0 Å². The molecule has 0 saturated carbocycles. The molecule has 0 fully saturated rings. The van der Waals surface area contributed by atoms with Gasteiger partial charge < -0.3 is 19.6 Å². The number of benzene rings is 2. The Morgan fingerprint density at radius 2 is 1.80 bits per heavy atom. The molecule has 2 N–H and O–H groups in total. The number of hydrogen-bond donors (Lipinski definition) is 2. The van der Waals surface area contributed by atoms with E-state index in [-0.39, 0.29) is 5.91 Å². The Bertz CT molecular complexity index is 1350. The van der Waals surface area contributed by atoms with Gasteiger partial charge in [-0.25, -0.2) is 4.79 Å². The number of carbonyl (C=O) groups excluding carboxylic acids is 1. The lowest BCUT2D eigenvalue weighted by Gasteiger charge is -2.23. The standard InChI is InChI=1S/C27H27N3O5/c1-17-14-18(7-12-23(17)35-27(2,3)26(32)33)16-28-25(31)21-15-22(30(4)29-21)19-8-10-20(11-9-19)24-6-5-13-34-24/h5-15H,16H2,1-4H3,(H,28,31)(H,32,33). The molecule has 2 heterocycles. The van der Waals surface area contributed by atoms with Crippen LogP contribution < -0.4 is 10.1 Å². The van der Waals surface area contributed by atoms with Gasteiger partial charge in [-0.15, -0.1) is 0 Å². The number of amides is 1. The molecule has 0 bridgehead atoms. The van der Waals surface area contributed by atoms with E-state index in [2.05, 4.69) is 10.4 Å². The molecule has 8 heteroatoms. The first kappa shape index (κ1) is 23.8. The summed E-state index contributed by atoms with van der Waals surface area (Å²) in [6.07, 6.45) is 1.64. The number of aryl methyl sites for hydroxylation is 2. The van der Waals surface area contributed by atoms with Crippen molar-refractivity contribution in [2.75, 3.05) is 0 Å². The van der Waals surface area contributed by atoms with Crippen LogP contribution in [0.25, 0.3) is 22.6 Å². The fraction of sp³-hybridized carbons (Fsp3) is 0.222. The van der Waals surface area contributed by atoms with Crippen molar-refractivity contribution >= 4 is 11.9 Å². The predicted octanol–water partition coefficient (Wildman–Crippen LogP) is 4.83. The molecule has 1 amide bonds. The van der Waals surface area contributed by atoms with E-state index >= 15 is 0 Å². The van der Waals surface area contributed by atoms with Gasteiger partial charge in [-0.1, -0.05) is 36.4 Å². The lowest BCUT2D eigenvalue weighted by atomic mass is 10.1. The maximum absolute atomic E-state index is 12.7. The molecule has 2 aromatic heterocycles. The molecular formula is C27H27N3O5. The van der Waals surface area contributed by atoms with E-state index in [9.17, 15) is 14.7 Å². The van der Waals surface area contributed by atoms with E-state index in [1.54, 1.807) is 36.2 Å². The summed E-state index contributed by atoms with van der Waals surface area (Å²) < 4.78 is 12.7. The zero-order chi connectivity index (χ0) is 25.2. The smallest absolute Gasteiger partial charge is 0.347 e. The van der Waals surface area contributed by atoms with Crippen LogP contribution in [0.15, 0.2) is 71.3 Å². The molecular weight excluding hydrogens is 446 g/mol. The summed E-state index contributed by atoms with van der Waals surface area (Å²) in [5.41, 5.74) is 3.35. The maximum Gasteiger partial charge on any atom is 0.347 e. The highest BCUT2D eigenvalue weighted by Gasteiger charge is 2.29. The maximum atomic E-state index is 12.7. The monoisotopic (exact) mass is 473 g/mol. The van der Waals surface area contributed by atoms with Crippen molar-refractivity contribution in [1.29, 1.82) is 0 Å². The number of aliphatic carboxylic acids is 1. The second-order valence-corrected chi connectivity index (χ2v) is 8.79. The molecule has 4 rings (SSSR count). The Hall–Kier alpha value is -4.33. The van der Waals surface area contributed by atoms with Crippen LogP contribution in [0, 0.1) is 6.92 Å². The summed E-state index contributed by atoms with van der Waals surface area (Å²) in [6, 6.07) is 18.7. The van der Waals surface area contributed by atoms with Crippen molar-refractivity contribution in [3.63, 3.8) is 0 Å². The SMILES string of the molecule is Cc1cc(CNC(=O)c2cc(-c3ccc(-c4ccco4)cc3)n(C)n2)ccc1OC(C)(C)C(=O)O. The van der Waals surface area contributed by atoms with Crippen LogP contribution in [0.4, 0.5) is 0 Å². The van der Waals surface area contributed by atoms with E-state index in [0.29, 0.717) is 18.0 Å². The number of nitrogens with one attached hydrogen (secondary N) is 1. The number of nitrogens with zero attached hydrogens (tertiary/aromatic N) is 2. The normalized spacial score (nSPS) is 11.3. The molecule has 0 spiro atoms. The number of aromatic nitrogens is 2. The van der Waals surface area contributed by atoms with Gasteiger partial charge in [-0.2, -0.15) is 5.10 Å². The Balaban J connectivity index is 1.42. The van der Waals surface area contributed by atoms with Crippen molar-refractivity contribution in [1.82, 2.24) is 15.1 Å². The molecule has 180 valence electrons. The van der Waals surface area contributed by atoms with Crippen LogP contribution in [-0.4, -0.2) is 32.4 Å². The topological polar surface area (TPSA) is 107 Å². The summed E-state index contributed by atoms with van der Waals surface area (Å²) in [5.74, 6) is -0.0533. The second kappa shape index (κ2) is 9.50. The van der Waals surface area contributed by atoms with E-state index in [0.717, 1.165) is 33.7 Å². The summed E-state index contributed by atoms with van der Waals surface area (Å²) in [6.45, 7) is 5.13. The molecule has 0 atom stereocenters. The predicted molar refractivity (Wildman–Crippen MR) is 131 cm³/mol. The Morgan fingerprint density at radius 3 is 2.43 bits per heavy atom. The largest absolute Gasteiger partial charge is 0.478 e. The molecule has 0 aliphatic carbocycles. The summed E-state index contributed by atoms with van der Waals surface area (Å²) in [5, 5.41) is 16.5. The minimum absolute atomic E-state index is 0.288. The van der Waals surface area contributed by atoms with E-state index < -0.39 is 11.6 Å². The average molecular weight is 474 g/mol. The average Bonchev–Trinajstić information content (AvgIpc) is 3.49. The van der Waals surface area contributed by atoms with Crippen molar-refractivity contribution in [3.05, 3.63) is 83.7 Å². The molecule has 35 heavy (non-hydrogen) atoms. The van der Waals surface area contributed by atoms with Crippen molar-refractivity contribution < 1.29 is 23.8 Å². The number of rotatable bonds is 8.